The van der Waals surface area contributed by atoms with Gasteiger partial charge in [0.25, 0.3) is 5.91 Å². The van der Waals surface area contributed by atoms with E-state index in [1.807, 2.05) is 13.1 Å². The Kier molecular flexibility index (Phi) is 5.42. The molecule has 1 saturated carbocycles. The quantitative estimate of drug-likeness (QED) is 0.619. The Hall–Kier alpha value is -1.54. The second kappa shape index (κ2) is 7.30. The normalized spacial score (nSPS) is 22.4. The minimum absolute atomic E-state index is 0.135. The van der Waals surface area contributed by atoms with Crippen molar-refractivity contribution in [3.63, 3.8) is 0 Å². The first kappa shape index (κ1) is 14.9. The number of hydrogen-bond acceptors (Lipinski definition) is 4. The largest absolute Gasteiger partial charge is 0.387 e. The Balaban J connectivity index is 1.89. The number of rotatable bonds is 3. The Labute approximate surface area is 121 Å². The van der Waals surface area contributed by atoms with Crippen molar-refractivity contribution in [2.75, 3.05) is 33.2 Å². The van der Waals surface area contributed by atoms with Crippen LogP contribution < -0.4 is 5.32 Å². The Morgan fingerprint density at radius 2 is 1.85 bits per heavy atom. The van der Waals surface area contributed by atoms with E-state index in [1.165, 1.54) is 19.3 Å². The van der Waals surface area contributed by atoms with Crippen molar-refractivity contribution in [1.82, 2.24) is 15.1 Å². The zero-order valence-electron chi connectivity index (χ0n) is 12.3. The van der Waals surface area contributed by atoms with E-state index in [2.05, 4.69) is 10.2 Å². The van der Waals surface area contributed by atoms with Crippen molar-refractivity contribution in [3.05, 3.63) is 11.8 Å². The average Bonchev–Trinajstić information content (AvgIpc) is 2.49. The van der Waals surface area contributed by atoms with Crippen molar-refractivity contribution in [1.29, 1.82) is 5.26 Å². The topological polar surface area (TPSA) is 59.4 Å². The van der Waals surface area contributed by atoms with Gasteiger partial charge in [-0.3, -0.25) is 4.79 Å². The van der Waals surface area contributed by atoms with Crippen molar-refractivity contribution >= 4 is 5.91 Å². The van der Waals surface area contributed by atoms with Crippen molar-refractivity contribution in [2.24, 2.45) is 0 Å². The molecule has 1 saturated heterocycles. The number of carbonyl (C=O) groups is 1. The number of nitrogens with one attached hydrogen (secondary N) is 1. The average molecular weight is 276 g/mol. The highest BCUT2D eigenvalue weighted by atomic mass is 16.2. The van der Waals surface area contributed by atoms with Gasteiger partial charge in [0.1, 0.15) is 11.6 Å². The summed E-state index contributed by atoms with van der Waals surface area (Å²) in [4.78, 5) is 16.3. The minimum Gasteiger partial charge on any atom is -0.387 e. The van der Waals surface area contributed by atoms with Crippen LogP contribution in [0.15, 0.2) is 11.8 Å². The lowest BCUT2D eigenvalue weighted by Gasteiger charge is -2.32. The van der Waals surface area contributed by atoms with Gasteiger partial charge >= 0.3 is 0 Å². The lowest BCUT2D eigenvalue weighted by molar-refractivity contribution is -0.128. The SMILES string of the molecule is CN1CCN(C(=O)/C(C#N)=C\NC2CCCCC2)CC1. The highest BCUT2D eigenvalue weighted by Crippen LogP contribution is 2.17. The van der Waals surface area contributed by atoms with Gasteiger partial charge < -0.3 is 15.1 Å². The molecule has 2 aliphatic rings. The fraction of sp³-hybridized carbons (Fsp3) is 0.733. The van der Waals surface area contributed by atoms with Gasteiger partial charge in [-0.05, 0) is 19.9 Å². The molecule has 110 valence electrons. The van der Waals surface area contributed by atoms with Gasteiger partial charge in [0.2, 0.25) is 0 Å². The Morgan fingerprint density at radius 3 is 2.45 bits per heavy atom. The molecule has 0 bridgehead atoms. The smallest absolute Gasteiger partial charge is 0.266 e. The summed E-state index contributed by atoms with van der Waals surface area (Å²) in [6.07, 6.45) is 7.68. The lowest BCUT2D eigenvalue weighted by Crippen LogP contribution is -2.47. The first-order chi connectivity index (χ1) is 9.70. The Bertz CT molecular complexity index is 399. The maximum Gasteiger partial charge on any atom is 0.266 e. The molecule has 2 fully saturated rings. The van der Waals surface area contributed by atoms with E-state index in [0.29, 0.717) is 19.1 Å². The molecular formula is C15H24N4O. The molecule has 20 heavy (non-hydrogen) atoms. The zero-order valence-corrected chi connectivity index (χ0v) is 12.3. The molecule has 5 heteroatoms. The molecule has 0 atom stereocenters. The molecule has 1 heterocycles. The van der Waals surface area contributed by atoms with Crippen LogP contribution in [0.4, 0.5) is 0 Å². The summed E-state index contributed by atoms with van der Waals surface area (Å²) in [5.41, 5.74) is 0.236. The Morgan fingerprint density at radius 1 is 1.20 bits per heavy atom. The number of likely N-dealkylation sites (N-methyl/N-ethyl adjacent to an activating group) is 1. The van der Waals surface area contributed by atoms with Gasteiger partial charge in [-0.25, -0.2) is 0 Å². The zero-order chi connectivity index (χ0) is 14.4. The molecule has 1 aliphatic heterocycles. The van der Waals surface area contributed by atoms with Crippen molar-refractivity contribution in [3.8, 4) is 6.07 Å². The van der Waals surface area contributed by atoms with Crippen LogP contribution in [-0.4, -0.2) is 55.0 Å². The fourth-order valence-electron chi connectivity index (χ4n) is 2.79. The molecule has 0 aromatic carbocycles. The van der Waals surface area contributed by atoms with E-state index in [1.54, 1.807) is 11.1 Å². The van der Waals surface area contributed by atoms with Crippen LogP contribution in [0, 0.1) is 11.3 Å². The van der Waals surface area contributed by atoms with Crippen LogP contribution in [0.2, 0.25) is 0 Å². The lowest BCUT2D eigenvalue weighted by atomic mass is 9.96. The number of hydrogen-bond donors (Lipinski definition) is 1. The highest BCUT2D eigenvalue weighted by molar-refractivity contribution is 5.97. The minimum atomic E-state index is -0.135. The predicted molar refractivity (Wildman–Crippen MR) is 77.8 cm³/mol. The van der Waals surface area contributed by atoms with Crippen LogP contribution in [-0.2, 0) is 4.79 Å². The van der Waals surface area contributed by atoms with Crippen molar-refractivity contribution in [2.45, 2.75) is 38.1 Å². The molecule has 1 N–H and O–H groups in total. The molecular weight excluding hydrogens is 252 g/mol. The third kappa shape index (κ3) is 3.97. The van der Waals surface area contributed by atoms with Crippen LogP contribution in [0.3, 0.4) is 0 Å². The summed E-state index contributed by atoms with van der Waals surface area (Å²) in [7, 11) is 2.05. The summed E-state index contributed by atoms with van der Waals surface area (Å²) < 4.78 is 0. The van der Waals surface area contributed by atoms with Gasteiger partial charge in [-0.15, -0.1) is 0 Å². The third-order valence-electron chi connectivity index (χ3n) is 4.21. The summed E-state index contributed by atoms with van der Waals surface area (Å²) >= 11 is 0. The van der Waals surface area contributed by atoms with E-state index in [9.17, 15) is 10.1 Å². The van der Waals surface area contributed by atoms with Gasteiger partial charge in [-0.1, -0.05) is 19.3 Å². The first-order valence-corrected chi connectivity index (χ1v) is 7.55. The molecule has 0 aromatic rings. The van der Waals surface area contributed by atoms with E-state index in [4.69, 9.17) is 0 Å². The third-order valence-corrected chi connectivity index (χ3v) is 4.21. The number of nitriles is 1. The number of carbonyl (C=O) groups excluding carboxylic acids is 1. The molecule has 1 amide bonds. The second-order valence-electron chi connectivity index (χ2n) is 5.77. The monoisotopic (exact) mass is 276 g/mol. The van der Waals surface area contributed by atoms with Crippen LogP contribution in [0.1, 0.15) is 32.1 Å². The molecule has 0 aromatic heterocycles. The van der Waals surface area contributed by atoms with Gasteiger partial charge in [0.15, 0.2) is 0 Å². The second-order valence-corrected chi connectivity index (χ2v) is 5.77. The van der Waals surface area contributed by atoms with E-state index in [0.717, 1.165) is 25.9 Å². The number of amides is 1. The number of nitrogens with zero attached hydrogens (tertiary/aromatic N) is 3. The summed E-state index contributed by atoms with van der Waals surface area (Å²) in [6.45, 7) is 3.16. The van der Waals surface area contributed by atoms with Gasteiger partial charge in [0.05, 0.1) is 0 Å². The van der Waals surface area contributed by atoms with Crippen LogP contribution >= 0.6 is 0 Å². The van der Waals surface area contributed by atoms with E-state index >= 15 is 0 Å². The molecule has 5 nitrogen and oxygen atoms in total. The summed E-state index contributed by atoms with van der Waals surface area (Å²) in [5.74, 6) is -0.135. The molecule has 0 spiro atoms. The molecule has 2 rings (SSSR count). The molecule has 0 unspecified atom stereocenters. The maximum atomic E-state index is 12.3. The maximum absolute atomic E-state index is 12.3. The summed E-state index contributed by atoms with van der Waals surface area (Å²) in [5, 5.41) is 12.5. The molecule has 0 radical (unpaired) electrons. The van der Waals surface area contributed by atoms with Crippen molar-refractivity contribution < 1.29 is 4.79 Å². The first-order valence-electron chi connectivity index (χ1n) is 7.55. The van der Waals surface area contributed by atoms with Crippen LogP contribution in [0.5, 0.6) is 0 Å². The van der Waals surface area contributed by atoms with E-state index in [-0.39, 0.29) is 11.5 Å². The van der Waals surface area contributed by atoms with E-state index < -0.39 is 0 Å². The highest BCUT2D eigenvalue weighted by Gasteiger charge is 2.22. The molecule has 1 aliphatic carbocycles. The summed E-state index contributed by atoms with van der Waals surface area (Å²) in [6, 6.07) is 2.47. The number of piperazine rings is 1. The standard InChI is InChI=1S/C15H24N4O/c1-18-7-9-19(10-8-18)15(20)13(11-16)12-17-14-5-3-2-4-6-14/h12,14,17H,2-10H2,1H3/b13-12-. The van der Waals surface area contributed by atoms with Gasteiger partial charge in [0, 0.05) is 38.4 Å². The van der Waals surface area contributed by atoms with Gasteiger partial charge in [-0.2, -0.15) is 5.26 Å². The van der Waals surface area contributed by atoms with Crippen LogP contribution in [0.25, 0.3) is 0 Å². The fourth-order valence-corrected chi connectivity index (χ4v) is 2.79. The predicted octanol–water partition coefficient (Wildman–Crippen LogP) is 1.09.